The number of benzene rings is 1. The largest absolute Gasteiger partial charge is 0.329 e. The zero-order valence-corrected chi connectivity index (χ0v) is 15.2. The summed E-state index contributed by atoms with van der Waals surface area (Å²) in [6, 6.07) is 5.91. The maximum absolute atomic E-state index is 12.8. The number of hydrogen-bond donors (Lipinski definition) is 2. The van der Waals surface area contributed by atoms with Crippen molar-refractivity contribution in [1.82, 2.24) is 15.1 Å². The fourth-order valence-corrected chi connectivity index (χ4v) is 5.13. The van der Waals surface area contributed by atoms with Crippen molar-refractivity contribution in [2.45, 2.75) is 44.4 Å². The smallest absolute Gasteiger partial charge is 0.255 e. The van der Waals surface area contributed by atoms with Gasteiger partial charge in [0.15, 0.2) is 0 Å². The van der Waals surface area contributed by atoms with E-state index in [4.69, 9.17) is 5.73 Å². The molecule has 3 N–H and O–H groups in total. The first-order valence-corrected chi connectivity index (χ1v) is 9.75. The summed E-state index contributed by atoms with van der Waals surface area (Å²) < 4.78 is 0. The van der Waals surface area contributed by atoms with E-state index in [1.54, 1.807) is 4.90 Å². The molecule has 0 radical (unpaired) electrons. The third kappa shape index (κ3) is 2.76. The monoisotopic (exact) mass is 368 g/mol. The number of amides is 3. The predicted octanol–water partition coefficient (Wildman–Crippen LogP) is 0.227. The molecule has 27 heavy (non-hydrogen) atoms. The van der Waals surface area contributed by atoms with Crippen molar-refractivity contribution in [3.63, 3.8) is 0 Å². The standard InChI is InChI=1S/C20H24N4O3/c21-7-17-15-6-13(15)9-23(17)8-11-1-2-14-12(5-11)10-24(20(14)27)16-3-4-18(25)22-19(16)26/h1-2,5,13,15-17H,3-4,6-10,21H2,(H,22,25,26)/t13-,15-,16?,17+/m0/s1. The number of nitrogens with one attached hydrogen (secondary N) is 1. The second-order valence-corrected chi connectivity index (χ2v) is 8.28. The fraction of sp³-hybridized carbons (Fsp3) is 0.550. The minimum atomic E-state index is -0.557. The Morgan fingerprint density at radius 2 is 2.07 bits per heavy atom. The molecule has 3 aliphatic heterocycles. The van der Waals surface area contributed by atoms with Crippen LogP contribution in [0.1, 0.15) is 40.7 Å². The van der Waals surface area contributed by atoms with E-state index in [1.807, 2.05) is 12.1 Å². The normalized spacial score (nSPS) is 32.5. The topological polar surface area (TPSA) is 95.7 Å². The SMILES string of the molecule is NC[C@@H]1[C@H]2C[C@H]2CN1Cc1ccc2c(c1)CN(C1CCC(=O)NC1=O)C2=O. The number of hydrogen-bond acceptors (Lipinski definition) is 5. The van der Waals surface area contributed by atoms with E-state index in [0.717, 1.165) is 30.5 Å². The van der Waals surface area contributed by atoms with Gasteiger partial charge in [-0.1, -0.05) is 12.1 Å². The van der Waals surface area contributed by atoms with Crippen LogP contribution in [0.4, 0.5) is 0 Å². The molecule has 5 rings (SSSR count). The van der Waals surface area contributed by atoms with Crippen molar-refractivity contribution in [1.29, 1.82) is 0 Å². The van der Waals surface area contributed by atoms with Crippen LogP contribution in [-0.2, 0) is 22.7 Å². The van der Waals surface area contributed by atoms with Crippen LogP contribution in [0.25, 0.3) is 0 Å². The van der Waals surface area contributed by atoms with Crippen LogP contribution >= 0.6 is 0 Å². The summed E-state index contributed by atoms with van der Waals surface area (Å²) in [7, 11) is 0. The van der Waals surface area contributed by atoms with Crippen molar-refractivity contribution in [2.24, 2.45) is 17.6 Å². The summed E-state index contributed by atoms with van der Waals surface area (Å²) in [5.41, 5.74) is 8.80. The zero-order valence-electron chi connectivity index (χ0n) is 15.2. The van der Waals surface area contributed by atoms with Crippen molar-refractivity contribution < 1.29 is 14.4 Å². The molecule has 3 heterocycles. The molecule has 1 unspecified atom stereocenters. The van der Waals surface area contributed by atoms with Crippen LogP contribution in [0.3, 0.4) is 0 Å². The highest BCUT2D eigenvalue weighted by atomic mass is 16.2. The molecule has 142 valence electrons. The van der Waals surface area contributed by atoms with Gasteiger partial charge in [0.2, 0.25) is 11.8 Å². The number of carbonyl (C=O) groups is 3. The van der Waals surface area contributed by atoms with Crippen molar-refractivity contribution in [2.75, 3.05) is 13.1 Å². The highest BCUT2D eigenvalue weighted by Crippen LogP contribution is 2.49. The third-order valence-corrected chi connectivity index (χ3v) is 6.62. The number of rotatable bonds is 4. The van der Waals surface area contributed by atoms with Crippen LogP contribution in [0.2, 0.25) is 0 Å². The molecule has 7 heteroatoms. The lowest BCUT2D eigenvalue weighted by Gasteiger charge is -2.29. The van der Waals surface area contributed by atoms with Crippen molar-refractivity contribution >= 4 is 17.7 Å². The Bertz CT molecular complexity index is 839. The van der Waals surface area contributed by atoms with E-state index in [1.165, 1.54) is 12.0 Å². The Morgan fingerprint density at radius 1 is 1.22 bits per heavy atom. The zero-order chi connectivity index (χ0) is 18.7. The minimum Gasteiger partial charge on any atom is -0.329 e. The molecule has 0 aromatic heterocycles. The lowest BCUT2D eigenvalue weighted by Crippen LogP contribution is -2.52. The molecule has 1 aliphatic carbocycles. The average molecular weight is 368 g/mol. The van der Waals surface area contributed by atoms with E-state index in [2.05, 4.69) is 16.3 Å². The van der Waals surface area contributed by atoms with Crippen molar-refractivity contribution in [3.8, 4) is 0 Å². The van der Waals surface area contributed by atoms with Crippen LogP contribution in [0.5, 0.6) is 0 Å². The van der Waals surface area contributed by atoms with Gasteiger partial charge in [-0.05, 0) is 41.9 Å². The van der Waals surface area contributed by atoms with Gasteiger partial charge in [0, 0.05) is 44.2 Å². The first-order chi connectivity index (χ1) is 13.0. The predicted molar refractivity (Wildman–Crippen MR) is 97.3 cm³/mol. The van der Waals surface area contributed by atoms with Gasteiger partial charge >= 0.3 is 0 Å². The molecule has 4 atom stereocenters. The Labute approximate surface area is 157 Å². The number of nitrogens with zero attached hydrogens (tertiary/aromatic N) is 2. The van der Waals surface area contributed by atoms with E-state index in [-0.39, 0.29) is 24.1 Å². The Kier molecular flexibility index (Phi) is 3.84. The van der Waals surface area contributed by atoms with Gasteiger partial charge in [0.25, 0.3) is 5.91 Å². The van der Waals surface area contributed by atoms with E-state index >= 15 is 0 Å². The number of imide groups is 1. The van der Waals surface area contributed by atoms with Crippen LogP contribution < -0.4 is 11.1 Å². The Morgan fingerprint density at radius 3 is 2.85 bits per heavy atom. The van der Waals surface area contributed by atoms with Gasteiger partial charge in [-0.15, -0.1) is 0 Å². The minimum absolute atomic E-state index is 0.117. The van der Waals surface area contributed by atoms with Gasteiger partial charge in [-0.3, -0.25) is 24.6 Å². The second kappa shape index (κ2) is 6.14. The maximum Gasteiger partial charge on any atom is 0.255 e. The summed E-state index contributed by atoms with van der Waals surface area (Å²) in [4.78, 5) is 40.3. The molecule has 3 amide bonds. The highest BCUT2D eigenvalue weighted by molar-refractivity contribution is 6.05. The first kappa shape index (κ1) is 16.9. The molecule has 1 aromatic carbocycles. The van der Waals surface area contributed by atoms with Gasteiger partial charge in [-0.25, -0.2) is 0 Å². The highest BCUT2D eigenvalue weighted by Gasteiger charge is 2.51. The van der Waals surface area contributed by atoms with Crippen LogP contribution in [-0.4, -0.2) is 52.7 Å². The lowest BCUT2D eigenvalue weighted by molar-refractivity contribution is -0.136. The van der Waals surface area contributed by atoms with E-state index in [9.17, 15) is 14.4 Å². The Balaban J connectivity index is 1.32. The van der Waals surface area contributed by atoms with Gasteiger partial charge in [0.1, 0.15) is 6.04 Å². The first-order valence-electron chi connectivity index (χ1n) is 9.75. The van der Waals surface area contributed by atoms with E-state index < -0.39 is 6.04 Å². The van der Waals surface area contributed by atoms with Crippen molar-refractivity contribution in [3.05, 3.63) is 34.9 Å². The van der Waals surface area contributed by atoms with Crippen LogP contribution in [0, 0.1) is 11.8 Å². The fourth-order valence-electron chi connectivity index (χ4n) is 5.13. The number of piperidine rings is 2. The average Bonchev–Trinajstić information content (AvgIpc) is 3.20. The number of fused-ring (bicyclic) bond motifs is 2. The molecular weight excluding hydrogens is 344 g/mol. The summed E-state index contributed by atoms with van der Waals surface area (Å²) >= 11 is 0. The summed E-state index contributed by atoms with van der Waals surface area (Å²) in [5.74, 6) is 0.843. The molecule has 2 saturated heterocycles. The summed E-state index contributed by atoms with van der Waals surface area (Å²) in [5, 5.41) is 2.34. The number of carbonyl (C=O) groups excluding carboxylic acids is 3. The van der Waals surface area contributed by atoms with Gasteiger partial charge in [-0.2, -0.15) is 0 Å². The van der Waals surface area contributed by atoms with Gasteiger partial charge in [0.05, 0.1) is 0 Å². The quantitative estimate of drug-likeness (QED) is 0.742. The van der Waals surface area contributed by atoms with E-state index in [0.29, 0.717) is 31.1 Å². The molecule has 0 spiro atoms. The van der Waals surface area contributed by atoms with Crippen LogP contribution in [0.15, 0.2) is 18.2 Å². The Hall–Kier alpha value is -2.25. The molecule has 3 fully saturated rings. The summed E-state index contributed by atoms with van der Waals surface area (Å²) in [6.07, 6.45) is 1.99. The molecule has 1 aromatic rings. The number of likely N-dealkylation sites (tertiary alicyclic amines) is 1. The lowest BCUT2D eigenvalue weighted by atomic mass is 10.0. The molecule has 7 nitrogen and oxygen atoms in total. The second-order valence-electron chi connectivity index (χ2n) is 8.28. The van der Waals surface area contributed by atoms with Gasteiger partial charge < -0.3 is 10.6 Å². The molecular formula is C20H24N4O3. The molecule has 0 bridgehead atoms. The summed E-state index contributed by atoms with van der Waals surface area (Å²) in [6.45, 7) is 3.10. The molecule has 4 aliphatic rings. The maximum atomic E-state index is 12.8. The molecule has 1 saturated carbocycles. The third-order valence-electron chi connectivity index (χ3n) is 6.62. The number of nitrogens with two attached hydrogens (primary N) is 1.